The average Bonchev–Trinajstić information content (AvgIpc) is 3.04. The number of pyridine rings is 1. The zero-order chi connectivity index (χ0) is 15.9. The molecule has 0 spiro atoms. The maximum absolute atomic E-state index is 6.25. The number of aromatic nitrogens is 3. The van der Waals surface area contributed by atoms with Crippen molar-refractivity contribution >= 4 is 0 Å². The van der Waals surface area contributed by atoms with Crippen molar-refractivity contribution in [3.05, 3.63) is 54.1 Å². The molecule has 1 saturated carbocycles. The van der Waals surface area contributed by atoms with Gasteiger partial charge in [0.05, 0.1) is 11.1 Å². The maximum atomic E-state index is 6.25. The summed E-state index contributed by atoms with van der Waals surface area (Å²) in [6.07, 6.45) is 6.51. The van der Waals surface area contributed by atoms with E-state index in [0.29, 0.717) is 11.7 Å². The minimum atomic E-state index is -0.413. The van der Waals surface area contributed by atoms with Crippen LogP contribution in [0.2, 0.25) is 0 Å². The summed E-state index contributed by atoms with van der Waals surface area (Å²) < 4.78 is 5.40. The van der Waals surface area contributed by atoms with Crippen LogP contribution in [0.4, 0.5) is 0 Å². The molecule has 0 unspecified atom stereocenters. The molecule has 0 amide bonds. The van der Waals surface area contributed by atoms with E-state index in [1.165, 1.54) is 5.56 Å². The molecular weight excluding hydrogens is 288 g/mol. The predicted octanol–water partition coefficient (Wildman–Crippen LogP) is 3.44. The van der Waals surface area contributed by atoms with Gasteiger partial charge in [-0.2, -0.15) is 4.98 Å². The van der Waals surface area contributed by atoms with Crippen molar-refractivity contribution in [1.29, 1.82) is 0 Å². The predicted molar refractivity (Wildman–Crippen MR) is 87.4 cm³/mol. The molecule has 0 saturated heterocycles. The molecule has 0 radical (unpaired) electrons. The molecule has 0 bridgehead atoms. The van der Waals surface area contributed by atoms with Gasteiger partial charge in [0, 0.05) is 18.0 Å². The number of nitrogens with zero attached hydrogens (tertiary/aromatic N) is 3. The van der Waals surface area contributed by atoms with Crippen molar-refractivity contribution in [3.63, 3.8) is 0 Å². The fraction of sp³-hybridized carbons (Fsp3) is 0.278. The smallest absolute Gasteiger partial charge is 0.259 e. The Kier molecular flexibility index (Phi) is 3.23. The van der Waals surface area contributed by atoms with Crippen LogP contribution in [0.15, 0.2) is 47.2 Å². The van der Waals surface area contributed by atoms with Gasteiger partial charge in [0.25, 0.3) is 5.89 Å². The minimum Gasteiger partial charge on any atom is -0.334 e. The summed E-state index contributed by atoms with van der Waals surface area (Å²) in [4.78, 5) is 8.79. The molecule has 23 heavy (non-hydrogen) atoms. The molecule has 4 rings (SSSR count). The highest BCUT2D eigenvalue weighted by molar-refractivity contribution is 5.68. The summed E-state index contributed by atoms with van der Waals surface area (Å²) in [5.41, 5.74) is 10.0. The van der Waals surface area contributed by atoms with Crippen molar-refractivity contribution in [2.24, 2.45) is 5.73 Å². The van der Waals surface area contributed by atoms with Gasteiger partial charge in [-0.3, -0.25) is 4.98 Å². The lowest BCUT2D eigenvalue weighted by Gasteiger charge is -2.34. The van der Waals surface area contributed by atoms with Gasteiger partial charge in [-0.25, -0.2) is 0 Å². The van der Waals surface area contributed by atoms with Gasteiger partial charge in [-0.1, -0.05) is 35.0 Å². The highest BCUT2D eigenvalue weighted by Gasteiger charge is 2.39. The van der Waals surface area contributed by atoms with Crippen LogP contribution < -0.4 is 5.73 Å². The van der Waals surface area contributed by atoms with Gasteiger partial charge < -0.3 is 10.3 Å². The molecule has 2 aromatic heterocycles. The Balaban J connectivity index is 1.67. The van der Waals surface area contributed by atoms with Crippen LogP contribution in [0.1, 0.15) is 30.7 Å². The van der Waals surface area contributed by atoms with Crippen LogP contribution in [-0.2, 0) is 5.54 Å². The van der Waals surface area contributed by atoms with Crippen molar-refractivity contribution in [3.8, 4) is 22.6 Å². The zero-order valence-corrected chi connectivity index (χ0v) is 13.0. The lowest BCUT2D eigenvalue weighted by molar-refractivity contribution is 0.229. The summed E-state index contributed by atoms with van der Waals surface area (Å²) in [5, 5.41) is 4.06. The molecule has 3 aromatic rings. The third kappa shape index (κ3) is 2.53. The molecule has 1 aliphatic rings. The van der Waals surface area contributed by atoms with Crippen LogP contribution in [0, 0.1) is 6.92 Å². The Morgan fingerprint density at radius 1 is 1.04 bits per heavy atom. The minimum absolute atomic E-state index is 0.413. The number of rotatable bonds is 3. The van der Waals surface area contributed by atoms with E-state index < -0.39 is 5.54 Å². The SMILES string of the molecule is Cc1ccc(-c2cncc(-c3nc(C4(N)CCC4)no3)c2)cc1. The Labute approximate surface area is 134 Å². The van der Waals surface area contributed by atoms with Crippen molar-refractivity contribution in [2.75, 3.05) is 0 Å². The van der Waals surface area contributed by atoms with E-state index in [1.54, 1.807) is 6.20 Å². The molecule has 1 aliphatic carbocycles. The second kappa shape index (κ2) is 5.28. The Bertz CT molecular complexity index is 834. The van der Waals surface area contributed by atoms with Crippen LogP contribution in [0.25, 0.3) is 22.6 Å². The van der Waals surface area contributed by atoms with Gasteiger partial charge in [0.15, 0.2) is 5.82 Å². The molecule has 0 aliphatic heterocycles. The Hall–Kier alpha value is -2.53. The first-order valence-electron chi connectivity index (χ1n) is 7.80. The van der Waals surface area contributed by atoms with Crippen LogP contribution in [-0.4, -0.2) is 15.1 Å². The molecule has 1 fully saturated rings. The third-order valence-corrected chi connectivity index (χ3v) is 4.49. The topological polar surface area (TPSA) is 77.8 Å². The van der Waals surface area contributed by atoms with Crippen LogP contribution in [0.3, 0.4) is 0 Å². The summed E-state index contributed by atoms with van der Waals surface area (Å²) in [6.45, 7) is 2.07. The number of aryl methyl sites for hydroxylation is 1. The summed E-state index contributed by atoms with van der Waals surface area (Å²) in [6, 6.07) is 10.3. The lowest BCUT2D eigenvalue weighted by Crippen LogP contribution is -2.44. The van der Waals surface area contributed by atoms with E-state index in [4.69, 9.17) is 10.3 Å². The first-order chi connectivity index (χ1) is 11.1. The molecule has 5 nitrogen and oxygen atoms in total. The van der Waals surface area contributed by atoms with Crippen molar-refractivity contribution < 1.29 is 4.52 Å². The second-order valence-electron chi connectivity index (χ2n) is 6.26. The molecule has 1 aromatic carbocycles. The summed E-state index contributed by atoms with van der Waals surface area (Å²) >= 11 is 0. The first kappa shape index (κ1) is 14.1. The quantitative estimate of drug-likeness (QED) is 0.802. The zero-order valence-electron chi connectivity index (χ0n) is 13.0. The molecule has 5 heteroatoms. The fourth-order valence-electron chi connectivity index (χ4n) is 2.79. The number of hydrogen-bond acceptors (Lipinski definition) is 5. The van der Waals surface area contributed by atoms with Gasteiger partial charge >= 0.3 is 0 Å². The van der Waals surface area contributed by atoms with Gasteiger partial charge in [0.1, 0.15) is 0 Å². The average molecular weight is 306 g/mol. The highest BCUT2D eigenvalue weighted by atomic mass is 16.5. The van der Waals surface area contributed by atoms with Gasteiger partial charge in [-0.05, 0) is 37.8 Å². The van der Waals surface area contributed by atoms with Crippen LogP contribution in [0.5, 0.6) is 0 Å². The maximum Gasteiger partial charge on any atom is 0.259 e. The Morgan fingerprint density at radius 2 is 1.78 bits per heavy atom. The molecular formula is C18H18N4O. The largest absolute Gasteiger partial charge is 0.334 e. The standard InChI is InChI=1S/C18H18N4O/c1-12-3-5-13(6-4-12)14-9-15(11-20-10-14)16-21-17(22-23-16)18(19)7-2-8-18/h3-6,9-11H,2,7-8,19H2,1H3. The molecule has 2 N–H and O–H groups in total. The highest BCUT2D eigenvalue weighted by Crippen LogP contribution is 2.37. The van der Waals surface area contributed by atoms with Crippen LogP contribution >= 0.6 is 0 Å². The number of hydrogen-bond donors (Lipinski definition) is 1. The lowest BCUT2D eigenvalue weighted by atomic mass is 9.77. The third-order valence-electron chi connectivity index (χ3n) is 4.49. The molecule has 116 valence electrons. The number of benzene rings is 1. The van der Waals surface area contributed by atoms with E-state index in [0.717, 1.165) is 36.0 Å². The van der Waals surface area contributed by atoms with E-state index in [-0.39, 0.29) is 0 Å². The van der Waals surface area contributed by atoms with Gasteiger partial charge in [-0.15, -0.1) is 0 Å². The summed E-state index contributed by atoms with van der Waals surface area (Å²) in [7, 11) is 0. The van der Waals surface area contributed by atoms with Crippen molar-refractivity contribution in [1.82, 2.24) is 15.1 Å². The second-order valence-corrected chi connectivity index (χ2v) is 6.26. The van der Waals surface area contributed by atoms with Gasteiger partial charge in [0.2, 0.25) is 0 Å². The first-order valence-corrected chi connectivity index (χ1v) is 7.80. The van der Waals surface area contributed by atoms with Crippen molar-refractivity contribution in [2.45, 2.75) is 31.7 Å². The monoisotopic (exact) mass is 306 g/mol. The van der Waals surface area contributed by atoms with E-state index >= 15 is 0 Å². The molecule has 2 heterocycles. The van der Waals surface area contributed by atoms with E-state index in [2.05, 4.69) is 46.3 Å². The van der Waals surface area contributed by atoms with E-state index in [9.17, 15) is 0 Å². The number of nitrogens with two attached hydrogens (primary N) is 1. The molecule has 0 atom stereocenters. The Morgan fingerprint density at radius 3 is 2.48 bits per heavy atom. The fourth-order valence-corrected chi connectivity index (χ4v) is 2.79. The van der Waals surface area contributed by atoms with E-state index in [1.807, 2.05) is 12.3 Å². The summed E-state index contributed by atoms with van der Waals surface area (Å²) in [5.74, 6) is 1.07. The normalized spacial score (nSPS) is 16.1.